The topological polar surface area (TPSA) is 98.5 Å². The van der Waals surface area contributed by atoms with Gasteiger partial charge in [0, 0.05) is 18.4 Å². The van der Waals surface area contributed by atoms with E-state index in [9.17, 15) is 13.8 Å². The van der Waals surface area contributed by atoms with Crippen LogP contribution in [-0.2, 0) is 22.0 Å². The molecule has 7 heteroatoms. The van der Waals surface area contributed by atoms with Crippen LogP contribution in [0.25, 0.3) is 0 Å². The molecule has 0 saturated heterocycles. The van der Waals surface area contributed by atoms with Crippen molar-refractivity contribution in [2.24, 2.45) is 5.73 Å². The van der Waals surface area contributed by atoms with E-state index in [-0.39, 0.29) is 5.91 Å². The maximum Gasteiger partial charge on any atom is 0.405 e. The predicted octanol–water partition coefficient (Wildman–Crippen LogP) is 3.09. The van der Waals surface area contributed by atoms with Crippen molar-refractivity contribution in [1.82, 2.24) is 0 Å². The molecule has 6 nitrogen and oxygen atoms in total. The van der Waals surface area contributed by atoms with Crippen molar-refractivity contribution in [3.63, 3.8) is 0 Å². The van der Waals surface area contributed by atoms with Crippen molar-refractivity contribution < 1.29 is 18.5 Å². The Morgan fingerprint density at radius 1 is 1.12 bits per heavy atom. The lowest BCUT2D eigenvalue weighted by Crippen LogP contribution is -2.33. The highest BCUT2D eigenvalue weighted by molar-refractivity contribution is 7.84. The minimum Gasteiger partial charge on any atom is -0.443 e. The van der Waals surface area contributed by atoms with Gasteiger partial charge in [0.25, 0.3) is 5.91 Å². The molecule has 1 atom stereocenters. The number of hydrogen-bond acceptors (Lipinski definition) is 4. The SMILES string of the molecule is CS(=O)c1ccccc1C(=O)Nc1ccc(CC(C)(C)OC(N)=O)cc1. The number of nitrogens with one attached hydrogen (secondary N) is 1. The summed E-state index contributed by atoms with van der Waals surface area (Å²) in [6.07, 6.45) is 1.21. The zero-order valence-electron chi connectivity index (χ0n) is 14.9. The van der Waals surface area contributed by atoms with Gasteiger partial charge in [0.2, 0.25) is 0 Å². The highest BCUT2D eigenvalue weighted by atomic mass is 32.2. The summed E-state index contributed by atoms with van der Waals surface area (Å²) in [4.78, 5) is 23.9. The van der Waals surface area contributed by atoms with Gasteiger partial charge in [-0.1, -0.05) is 24.3 Å². The number of amides is 2. The molecule has 1 unspecified atom stereocenters. The van der Waals surface area contributed by atoms with E-state index in [1.54, 1.807) is 50.2 Å². The van der Waals surface area contributed by atoms with E-state index in [1.165, 1.54) is 6.26 Å². The number of carbonyl (C=O) groups excluding carboxylic acids is 2. The van der Waals surface area contributed by atoms with Gasteiger partial charge in [-0.2, -0.15) is 0 Å². The Kier molecular flexibility index (Phi) is 6.15. The zero-order chi connectivity index (χ0) is 19.3. The molecule has 2 amide bonds. The van der Waals surface area contributed by atoms with Gasteiger partial charge in [0.15, 0.2) is 0 Å². The minimum atomic E-state index is -1.25. The van der Waals surface area contributed by atoms with Gasteiger partial charge < -0.3 is 15.8 Å². The van der Waals surface area contributed by atoms with Crippen molar-refractivity contribution in [3.8, 4) is 0 Å². The number of benzene rings is 2. The van der Waals surface area contributed by atoms with Crippen LogP contribution in [0.15, 0.2) is 53.4 Å². The Bertz CT molecular complexity index is 832. The van der Waals surface area contributed by atoms with Gasteiger partial charge in [0.1, 0.15) is 5.60 Å². The quantitative estimate of drug-likeness (QED) is 0.812. The zero-order valence-corrected chi connectivity index (χ0v) is 15.8. The van der Waals surface area contributed by atoms with E-state index in [2.05, 4.69) is 5.32 Å². The molecule has 0 heterocycles. The molecule has 0 radical (unpaired) electrons. The summed E-state index contributed by atoms with van der Waals surface area (Å²) < 4.78 is 16.8. The first kappa shape index (κ1) is 19.7. The fourth-order valence-electron chi connectivity index (χ4n) is 2.61. The van der Waals surface area contributed by atoms with Crippen molar-refractivity contribution >= 4 is 28.5 Å². The molecule has 26 heavy (non-hydrogen) atoms. The molecule has 2 aromatic rings. The minimum absolute atomic E-state index is 0.319. The third-order valence-electron chi connectivity index (χ3n) is 3.66. The summed E-state index contributed by atoms with van der Waals surface area (Å²) in [6, 6.07) is 14.0. The van der Waals surface area contributed by atoms with Gasteiger partial charge in [-0.05, 0) is 43.7 Å². The smallest absolute Gasteiger partial charge is 0.405 e. The number of rotatable bonds is 6. The lowest BCUT2D eigenvalue weighted by atomic mass is 9.98. The number of nitrogens with two attached hydrogens (primary N) is 1. The second-order valence-corrected chi connectivity index (χ2v) is 7.81. The summed E-state index contributed by atoms with van der Waals surface area (Å²) in [6.45, 7) is 3.55. The van der Waals surface area contributed by atoms with Gasteiger partial charge >= 0.3 is 6.09 Å². The first-order chi connectivity index (χ1) is 12.2. The van der Waals surface area contributed by atoms with Gasteiger partial charge in [-0.3, -0.25) is 9.00 Å². The summed E-state index contributed by atoms with van der Waals surface area (Å²) >= 11 is 0. The summed E-state index contributed by atoms with van der Waals surface area (Å²) in [5, 5.41) is 2.80. The van der Waals surface area contributed by atoms with Crippen molar-refractivity contribution in [2.45, 2.75) is 30.8 Å². The van der Waals surface area contributed by atoms with Crippen LogP contribution in [0.5, 0.6) is 0 Å². The van der Waals surface area contributed by atoms with Crippen LogP contribution in [0, 0.1) is 0 Å². The molecular weight excluding hydrogens is 352 g/mol. The van der Waals surface area contributed by atoms with Crippen LogP contribution >= 0.6 is 0 Å². The van der Waals surface area contributed by atoms with Crippen LogP contribution in [0.4, 0.5) is 10.5 Å². The van der Waals surface area contributed by atoms with Crippen LogP contribution in [0.2, 0.25) is 0 Å². The van der Waals surface area contributed by atoms with Crippen LogP contribution in [0.3, 0.4) is 0 Å². The lowest BCUT2D eigenvalue weighted by Gasteiger charge is -2.24. The summed E-state index contributed by atoms with van der Waals surface area (Å²) in [5.74, 6) is -0.319. The van der Waals surface area contributed by atoms with Crippen molar-refractivity contribution in [3.05, 3.63) is 59.7 Å². The molecule has 0 aliphatic carbocycles. The van der Waals surface area contributed by atoms with E-state index < -0.39 is 22.5 Å². The lowest BCUT2D eigenvalue weighted by molar-refractivity contribution is 0.0460. The first-order valence-corrected chi connectivity index (χ1v) is 9.55. The van der Waals surface area contributed by atoms with Gasteiger partial charge in [-0.25, -0.2) is 4.79 Å². The third-order valence-corrected chi connectivity index (χ3v) is 4.64. The van der Waals surface area contributed by atoms with Crippen molar-refractivity contribution in [2.75, 3.05) is 11.6 Å². The van der Waals surface area contributed by atoms with Crippen LogP contribution in [0.1, 0.15) is 29.8 Å². The molecule has 0 fully saturated rings. The maximum atomic E-state index is 12.5. The highest BCUT2D eigenvalue weighted by Gasteiger charge is 2.22. The molecule has 0 aliphatic heterocycles. The molecule has 0 aliphatic rings. The summed E-state index contributed by atoms with van der Waals surface area (Å²) in [5.41, 5.74) is 6.28. The van der Waals surface area contributed by atoms with Crippen LogP contribution in [-0.4, -0.2) is 28.1 Å². The molecule has 0 saturated carbocycles. The number of carbonyl (C=O) groups is 2. The molecule has 2 aromatic carbocycles. The second-order valence-electron chi connectivity index (χ2n) is 6.46. The maximum absolute atomic E-state index is 12.5. The van der Waals surface area contributed by atoms with E-state index in [0.29, 0.717) is 22.6 Å². The molecule has 0 spiro atoms. The summed E-state index contributed by atoms with van der Waals surface area (Å²) in [7, 11) is -1.25. The fourth-order valence-corrected chi connectivity index (χ4v) is 3.35. The highest BCUT2D eigenvalue weighted by Crippen LogP contribution is 2.20. The third kappa shape index (κ3) is 5.42. The van der Waals surface area contributed by atoms with E-state index in [4.69, 9.17) is 10.5 Å². The number of anilines is 1. The monoisotopic (exact) mass is 374 g/mol. The standard InChI is InChI=1S/C19H22N2O4S/c1-19(2,25-18(20)23)12-13-8-10-14(11-9-13)21-17(22)15-6-4-5-7-16(15)26(3)24/h4-11H,12H2,1-3H3,(H2,20,23)(H,21,22). The molecular formula is C19H22N2O4S. The Balaban J connectivity index is 2.09. The van der Waals surface area contributed by atoms with Gasteiger partial charge in [-0.15, -0.1) is 0 Å². The Morgan fingerprint density at radius 3 is 2.31 bits per heavy atom. The average Bonchev–Trinajstić information content (AvgIpc) is 2.55. The van der Waals surface area contributed by atoms with Gasteiger partial charge in [0.05, 0.1) is 21.3 Å². The van der Waals surface area contributed by atoms with Crippen LogP contribution < -0.4 is 11.1 Å². The number of hydrogen-bond donors (Lipinski definition) is 2. The molecule has 3 N–H and O–H groups in total. The number of ether oxygens (including phenoxy) is 1. The molecule has 0 bridgehead atoms. The largest absolute Gasteiger partial charge is 0.443 e. The normalized spacial score (nSPS) is 12.3. The fraction of sp³-hybridized carbons (Fsp3) is 0.263. The average molecular weight is 374 g/mol. The Labute approximate surface area is 155 Å². The van der Waals surface area contributed by atoms with E-state index in [0.717, 1.165) is 5.56 Å². The molecule has 2 rings (SSSR count). The molecule has 138 valence electrons. The predicted molar refractivity (Wildman–Crippen MR) is 102 cm³/mol. The van der Waals surface area contributed by atoms with E-state index >= 15 is 0 Å². The Hall–Kier alpha value is -2.67. The second kappa shape index (κ2) is 8.14. The molecule has 0 aromatic heterocycles. The Morgan fingerprint density at radius 2 is 1.73 bits per heavy atom. The van der Waals surface area contributed by atoms with E-state index in [1.807, 2.05) is 12.1 Å². The number of primary amides is 1. The first-order valence-electron chi connectivity index (χ1n) is 7.99. The van der Waals surface area contributed by atoms with Crippen molar-refractivity contribution in [1.29, 1.82) is 0 Å².